The van der Waals surface area contributed by atoms with Crippen LogP contribution in [0.3, 0.4) is 0 Å². The van der Waals surface area contributed by atoms with Gasteiger partial charge in [-0.15, -0.1) is 0 Å². The highest BCUT2D eigenvalue weighted by atomic mass is 35.5. The minimum atomic E-state index is -0.213. The lowest BCUT2D eigenvalue weighted by atomic mass is 10.2. The number of anilines is 1. The summed E-state index contributed by atoms with van der Waals surface area (Å²) >= 11 is 6.04. The van der Waals surface area contributed by atoms with Crippen molar-refractivity contribution in [3.63, 3.8) is 0 Å². The second-order valence-electron chi connectivity index (χ2n) is 4.62. The van der Waals surface area contributed by atoms with Gasteiger partial charge in [0.15, 0.2) is 0 Å². The molecule has 0 atom stereocenters. The Hall–Kier alpha value is -1.59. The van der Waals surface area contributed by atoms with E-state index in [1.807, 2.05) is 13.0 Å². The lowest BCUT2D eigenvalue weighted by Gasteiger charge is -2.08. The Balaban J connectivity index is 2.21. The van der Waals surface area contributed by atoms with E-state index in [-0.39, 0.29) is 18.4 Å². The Labute approximate surface area is 130 Å². The molecular weight excluding hydrogens is 292 g/mol. The Morgan fingerprint density at radius 1 is 1.33 bits per heavy atom. The van der Waals surface area contributed by atoms with E-state index in [1.54, 1.807) is 19.1 Å². The molecule has 0 aliphatic rings. The summed E-state index contributed by atoms with van der Waals surface area (Å²) in [7, 11) is 0. The van der Waals surface area contributed by atoms with Crippen molar-refractivity contribution < 1.29 is 14.3 Å². The quantitative estimate of drug-likeness (QED) is 0.572. The van der Waals surface area contributed by atoms with Crippen molar-refractivity contribution in [1.82, 2.24) is 5.32 Å². The maximum atomic E-state index is 11.7. The number of halogens is 1. The van der Waals surface area contributed by atoms with Crippen LogP contribution >= 0.6 is 11.6 Å². The zero-order chi connectivity index (χ0) is 15.7. The maximum absolute atomic E-state index is 11.7. The van der Waals surface area contributed by atoms with Crippen LogP contribution in [0.2, 0.25) is 5.02 Å². The van der Waals surface area contributed by atoms with Gasteiger partial charge < -0.3 is 15.4 Å². The first-order valence-electron chi connectivity index (χ1n) is 6.95. The number of hydrogen-bond acceptors (Lipinski definition) is 4. The molecule has 1 aromatic carbocycles. The molecule has 1 aromatic rings. The van der Waals surface area contributed by atoms with Crippen LogP contribution in [0, 0.1) is 6.92 Å². The molecule has 0 bridgehead atoms. The summed E-state index contributed by atoms with van der Waals surface area (Å²) in [5.41, 5.74) is 1.63. The Bertz CT molecular complexity index is 492. The van der Waals surface area contributed by atoms with Crippen LogP contribution < -0.4 is 10.6 Å². The van der Waals surface area contributed by atoms with Gasteiger partial charge >= 0.3 is 5.97 Å². The Morgan fingerprint density at radius 3 is 2.76 bits per heavy atom. The van der Waals surface area contributed by atoms with Gasteiger partial charge in [-0.05, 0) is 44.5 Å². The summed E-state index contributed by atoms with van der Waals surface area (Å²) in [6, 6.07) is 5.45. The number of benzene rings is 1. The fourth-order valence-electron chi connectivity index (χ4n) is 1.71. The summed E-state index contributed by atoms with van der Waals surface area (Å²) in [4.78, 5) is 22.8. The largest absolute Gasteiger partial charge is 0.466 e. The predicted molar refractivity (Wildman–Crippen MR) is 83.6 cm³/mol. The fraction of sp³-hybridized carbons (Fsp3) is 0.467. The molecule has 5 nitrogen and oxygen atoms in total. The van der Waals surface area contributed by atoms with E-state index in [1.165, 1.54) is 0 Å². The number of amides is 1. The molecule has 0 spiro atoms. The van der Waals surface area contributed by atoms with E-state index in [0.717, 1.165) is 5.56 Å². The van der Waals surface area contributed by atoms with Crippen LogP contribution in [-0.4, -0.2) is 31.6 Å². The first kappa shape index (κ1) is 17.5. The molecule has 116 valence electrons. The van der Waals surface area contributed by atoms with Crippen molar-refractivity contribution in [1.29, 1.82) is 0 Å². The number of aryl methyl sites for hydroxylation is 1. The molecule has 1 amide bonds. The zero-order valence-corrected chi connectivity index (χ0v) is 13.1. The normalized spacial score (nSPS) is 10.2. The van der Waals surface area contributed by atoms with E-state index < -0.39 is 0 Å². The maximum Gasteiger partial charge on any atom is 0.305 e. The number of nitrogens with one attached hydrogen (secondary N) is 2. The third-order valence-corrected chi connectivity index (χ3v) is 3.04. The topological polar surface area (TPSA) is 67.4 Å². The van der Waals surface area contributed by atoms with Gasteiger partial charge in [-0.3, -0.25) is 9.59 Å². The van der Waals surface area contributed by atoms with Crippen LogP contribution in [-0.2, 0) is 14.3 Å². The smallest absolute Gasteiger partial charge is 0.305 e. The monoisotopic (exact) mass is 312 g/mol. The predicted octanol–water partition coefficient (Wildman–Crippen LogP) is 2.52. The zero-order valence-electron chi connectivity index (χ0n) is 12.4. The second kappa shape index (κ2) is 9.37. The molecule has 0 fully saturated rings. The molecule has 0 aliphatic heterocycles. The molecular formula is C15H21ClN2O3. The van der Waals surface area contributed by atoms with Gasteiger partial charge in [0.05, 0.1) is 23.9 Å². The minimum Gasteiger partial charge on any atom is -0.466 e. The first-order valence-corrected chi connectivity index (χ1v) is 7.33. The first-order chi connectivity index (χ1) is 10.0. The van der Waals surface area contributed by atoms with E-state index >= 15 is 0 Å². The van der Waals surface area contributed by atoms with Crippen molar-refractivity contribution in [3.8, 4) is 0 Å². The van der Waals surface area contributed by atoms with Crippen LogP contribution in [0.15, 0.2) is 18.2 Å². The molecule has 0 aliphatic carbocycles. The van der Waals surface area contributed by atoms with Gasteiger partial charge in [0.2, 0.25) is 5.91 Å². The number of ether oxygens (including phenoxy) is 1. The van der Waals surface area contributed by atoms with Gasteiger partial charge in [0.1, 0.15) is 0 Å². The van der Waals surface area contributed by atoms with Gasteiger partial charge in [0.25, 0.3) is 0 Å². The van der Waals surface area contributed by atoms with Crippen molar-refractivity contribution in [2.75, 3.05) is 25.0 Å². The molecule has 0 saturated carbocycles. The third-order valence-electron chi connectivity index (χ3n) is 2.72. The van der Waals surface area contributed by atoms with Gasteiger partial charge in [-0.1, -0.05) is 17.7 Å². The van der Waals surface area contributed by atoms with Crippen LogP contribution in [0.25, 0.3) is 0 Å². The lowest BCUT2D eigenvalue weighted by molar-refractivity contribution is -0.143. The number of rotatable bonds is 8. The number of esters is 1. The van der Waals surface area contributed by atoms with Crippen molar-refractivity contribution in [2.24, 2.45) is 0 Å². The van der Waals surface area contributed by atoms with E-state index in [9.17, 15) is 9.59 Å². The van der Waals surface area contributed by atoms with Gasteiger partial charge in [-0.2, -0.15) is 0 Å². The van der Waals surface area contributed by atoms with E-state index in [2.05, 4.69) is 10.6 Å². The number of carbonyl (C=O) groups is 2. The van der Waals surface area contributed by atoms with Crippen molar-refractivity contribution >= 4 is 29.2 Å². The Kier molecular flexibility index (Phi) is 7.79. The van der Waals surface area contributed by atoms with E-state index in [4.69, 9.17) is 16.3 Å². The molecule has 0 aromatic heterocycles. The van der Waals surface area contributed by atoms with Crippen molar-refractivity contribution in [3.05, 3.63) is 28.8 Å². The molecule has 0 unspecified atom stereocenters. The summed E-state index contributed by atoms with van der Waals surface area (Å²) in [5, 5.41) is 6.22. The highest BCUT2D eigenvalue weighted by Gasteiger charge is 2.06. The highest BCUT2D eigenvalue weighted by Crippen LogP contribution is 2.22. The summed E-state index contributed by atoms with van der Waals surface area (Å²) < 4.78 is 4.81. The summed E-state index contributed by atoms with van der Waals surface area (Å²) in [5.74, 6) is -0.382. The average molecular weight is 313 g/mol. The summed E-state index contributed by atoms with van der Waals surface area (Å²) in [6.07, 6.45) is 0.990. The molecule has 6 heteroatoms. The van der Waals surface area contributed by atoms with Crippen LogP contribution in [0.5, 0.6) is 0 Å². The third kappa shape index (κ3) is 7.11. The van der Waals surface area contributed by atoms with Crippen LogP contribution in [0.1, 0.15) is 25.3 Å². The highest BCUT2D eigenvalue weighted by molar-refractivity contribution is 6.33. The second-order valence-corrected chi connectivity index (χ2v) is 5.02. The SMILES string of the molecule is CCOC(=O)CCCNCC(=O)Nc1ccc(C)cc1Cl. The Morgan fingerprint density at radius 2 is 2.10 bits per heavy atom. The standard InChI is InChI=1S/C15H21ClN2O3/c1-3-21-15(20)5-4-8-17-10-14(19)18-13-7-6-11(2)9-12(13)16/h6-7,9,17H,3-5,8,10H2,1-2H3,(H,18,19). The molecule has 0 heterocycles. The minimum absolute atomic E-state index is 0.170. The van der Waals surface area contributed by atoms with Gasteiger partial charge in [0, 0.05) is 6.42 Å². The number of carbonyl (C=O) groups excluding carboxylic acids is 2. The van der Waals surface area contributed by atoms with Crippen molar-refractivity contribution in [2.45, 2.75) is 26.7 Å². The van der Waals surface area contributed by atoms with Crippen LogP contribution in [0.4, 0.5) is 5.69 Å². The molecule has 21 heavy (non-hydrogen) atoms. The lowest BCUT2D eigenvalue weighted by Crippen LogP contribution is -2.29. The molecule has 1 rings (SSSR count). The van der Waals surface area contributed by atoms with Gasteiger partial charge in [-0.25, -0.2) is 0 Å². The average Bonchev–Trinajstić information content (AvgIpc) is 2.42. The molecule has 2 N–H and O–H groups in total. The molecule has 0 radical (unpaired) electrons. The summed E-state index contributed by atoms with van der Waals surface area (Å²) in [6.45, 7) is 4.85. The number of hydrogen-bond donors (Lipinski definition) is 2. The van der Waals surface area contributed by atoms with E-state index in [0.29, 0.717) is 36.7 Å². The fourth-order valence-corrected chi connectivity index (χ4v) is 1.99. The molecule has 0 saturated heterocycles.